The van der Waals surface area contributed by atoms with Gasteiger partial charge in [-0.1, -0.05) is 44.5 Å². The third kappa shape index (κ3) is 6.39. The standard InChI is InChI=1S/C23H34BrClFNO2S2Si/c1-14-18(17(30-21(14)25)13-29-32(8,9)23(5,6)7)20(27-31(28)22(2,3)4)15-11-10-12-16(26)19(15)24/h10-12,20,27H,13H2,1-9H3/t20?,31-/m1/s1. The van der Waals surface area contributed by atoms with E-state index in [4.69, 9.17) is 16.0 Å². The molecule has 0 aliphatic heterocycles. The Morgan fingerprint density at radius 2 is 1.84 bits per heavy atom. The molecule has 1 unspecified atom stereocenters. The SMILES string of the molecule is Cc1c(Cl)sc(CO[Si](C)(C)C(C)(C)C)c1C(N[S@+]([O-])C(C)(C)C)c1cccc(F)c1Br. The lowest BCUT2D eigenvalue weighted by Crippen LogP contribution is -2.42. The van der Waals surface area contributed by atoms with Gasteiger partial charge in [-0.2, -0.15) is 0 Å². The Bertz CT molecular complexity index is 957. The molecule has 1 aromatic carbocycles. The van der Waals surface area contributed by atoms with Crippen LogP contribution in [0.3, 0.4) is 0 Å². The maximum absolute atomic E-state index is 14.5. The highest BCUT2D eigenvalue weighted by molar-refractivity contribution is 9.10. The van der Waals surface area contributed by atoms with Crippen molar-refractivity contribution in [3.63, 3.8) is 0 Å². The van der Waals surface area contributed by atoms with Crippen molar-refractivity contribution in [1.82, 2.24) is 4.72 Å². The van der Waals surface area contributed by atoms with Crippen LogP contribution in [0.2, 0.25) is 22.5 Å². The molecule has 2 rings (SSSR count). The van der Waals surface area contributed by atoms with Crippen LogP contribution in [-0.2, 0) is 22.4 Å². The van der Waals surface area contributed by atoms with Crippen molar-refractivity contribution >= 4 is 58.5 Å². The van der Waals surface area contributed by atoms with Gasteiger partial charge in [0, 0.05) is 16.2 Å². The summed E-state index contributed by atoms with van der Waals surface area (Å²) in [4.78, 5) is 0.969. The molecule has 0 aliphatic carbocycles. The molecule has 0 saturated carbocycles. The molecule has 3 nitrogen and oxygen atoms in total. The summed E-state index contributed by atoms with van der Waals surface area (Å²) in [5.74, 6) is -0.367. The Hall–Kier alpha value is 0.0669. The van der Waals surface area contributed by atoms with Crippen LogP contribution in [-0.4, -0.2) is 17.6 Å². The van der Waals surface area contributed by atoms with E-state index in [2.05, 4.69) is 54.5 Å². The fourth-order valence-electron chi connectivity index (χ4n) is 2.81. The van der Waals surface area contributed by atoms with Crippen molar-refractivity contribution in [2.24, 2.45) is 0 Å². The molecule has 0 radical (unpaired) electrons. The van der Waals surface area contributed by atoms with E-state index in [1.165, 1.54) is 17.4 Å². The number of nitrogens with one attached hydrogen (secondary N) is 1. The molecule has 0 amide bonds. The predicted octanol–water partition coefficient (Wildman–Crippen LogP) is 8.27. The molecule has 1 aromatic heterocycles. The lowest BCUT2D eigenvalue weighted by atomic mass is 9.97. The van der Waals surface area contributed by atoms with E-state index in [1.807, 2.05) is 33.8 Å². The Morgan fingerprint density at radius 1 is 1.25 bits per heavy atom. The minimum Gasteiger partial charge on any atom is -0.598 e. The second kappa shape index (κ2) is 10.4. The van der Waals surface area contributed by atoms with E-state index in [0.29, 0.717) is 21.0 Å². The number of rotatable bonds is 7. The molecular weight excluding hydrogens is 549 g/mol. The van der Waals surface area contributed by atoms with Crippen molar-refractivity contribution < 1.29 is 13.4 Å². The van der Waals surface area contributed by atoms with Gasteiger partial charge in [0.25, 0.3) is 0 Å². The summed E-state index contributed by atoms with van der Waals surface area (Å²) in [5.41, 5.74) is 2.47. The first kappa shape index (κ1) is 28.3. The van der Waals surface area contributed by atoms with Crippen LogP contribution < -0.4 is 4.72 Å². The zero-order valence-corrected chi connectivity index (χ0v) is 25.3. The lowest BCUT2D eigenvalue weighted by molar-refractivity contribution is 0.278. The van der Waals surface area contributed by atoms with Gasteiger partial charge in [-0.05, 0) is 84.5 Å². The average molecular weight is 583 g/mol. The molecule has 0 aliphatic rings. The maximum atomic E-state index is 14.5. The molecule has 0 bridgehead atoms. The van der Waals surface area contributed by atoms with Crippen molar-refractivity contribution in [2.75, 3.05) is 0 Å². The van der Waals surface area contributed by atoms with Crippen LogP contribution in [0.25, 0.3) is 0 Å². The van der Waals surface area contributed by atoms with Crippen molar-refractivity contribution in [2.45, 2.75) is 84.0 Å². The van der Waals surface area contributed by atoms with Gasteiger partial charge in [0.15, 0.2) is 8.32 Å². The molecular formula is C23H34BrClFNO2S2Si. The van der Waals surface area contributed by atoms with Crippen molar-refractivity contribution in [3.05, 3.63) is 54.4 Å². The first-order valence-corrected chi connectivity index (χ1v) is 16.6. The molecule has 180 valence electrons. The first-order chi connectivity index (χ1) is 14.5. The number of hydrogen-bond acceptors (Lipinski definition) is 4. The van der Waals surface area contributed by atoms with Crippen LogP contribution in [0.15, 0.2) is 22.7 Å². The normalized spacial score (nSPS) is 15.2. The quantitative estimate of drug-likeness (QED) is 0.264. The van der Waals surface area contributed by atoms with E-state index >= 15 is 0 Å². The zero-order valence-electron chi connectivity index (χ0n) is 20.3. The van der Waals surface area contributed by atoms with Gasteiger partial charge in [-0.15, -0.1) is 16.1 Å². The predicted molar refractivity (Wildman–Crippen MR) is 143 cm³/mol. The van der Waals surface area contributed by atoms with E-state index in [-0.39, 0.29) is 10.9 Å². The lowest BCUT2D eigenvalue weighted by Gasteiger charge is -2.36. The molecule has 1 heterocycles. The average Bonchev–Trinajstić information content (AvgIpc) is 2.93. The summed E-state index contributed by atoms with van der Waals surface area (Å²) in [5, 5.41) is 0.0697. The third-order valence-corrected chi connectivity index (χ3v) is 14.4. The van der Waals surface area contributed by atoms with Crippen LogP contribution in [0.1, 0.15) is 69.2 Å². The highest BCUT2D eigenvalue weighted by Crippen LogP contribution is 2.43. The smallest absolute Gasteiger partial charge is 0.192 e. The van der Waals surface area contributed by atoms with Crippen LogP contribution in [0, 0.1) is 12.7 Å². The highest BCUT2D eigenvalue weighted by Gasteiger charge is 2.39. The Labute approximate surface area is 214 Å². The highest BCUT2D eigenvalue weighted by atomic mass is 79.9. The summed E-state index contributed by atoms with van der Waals surface area (Å²) in [7, 11) is -2.00. The molecule has 32 heavy (non-hydrogen) atoms. The van der Waals surface area contributed by atoms with Gasteiger partial charge in [0.1, 0.15) is 16.6 Å². The fourth-order valence-corrected chi connectivity index (χ4v) is 6.51. The second-order valence-corrected chi connectivity index (χ2v) is 19.8. The van der Waals surface area contributed by atoms with Crippen LogP contribution in [0.4, 0.5) is 4.39 Å². The Balaban J connectivity index is 2.60. The van der Waals surface area contributed by atoms with E-state index < -0.39 is 30.5 Å². The van der Waals surface area contributed by atoms with Gasteiger partial charge >= 0.3 is 0 Å². The molecule has 0 fully saturated rings. The Kier molecular flexibility index (Phi) is 9.16. The van der Waals surface area contributed by atoms with Gasteiger partial charge in [-0.3, -0.25) is 0 Å². The van der Waals surface area contributed by atoms with Crippen molar-refractivity contribution in [3.8, 4) is 0 Å². The summed E-state index contributed by atoms with van der Waals surface area (Å²) in [6, 6.07) is 4.40. The Morgan fingerprint density at radius 3 is 2.38 bits per heavy atom. The third-order valence-electron chi connectivity index (χ3n) is 5.94. The maximum Gasteiger partial charge on any atom is 0.192 e. The molecule has 2 aromatic rings. The largest absolute Gasteiger partial charge is 0.598 e. The van der Waals surface area contributed by atoms with E-state index in [9.17, 15) is 8.94 Å². The van der Waals surface area contributed by atoms with E-state index in [0.717, 1.165) is 16.0 Å². The summed E-state index contributed by atoms with van der Waals surface area (Å²) >= 11 is 10.1. The molecule has 0 spiro atoms. The zero-order chi connectivity index (χ0) is 24.6. The van der Waals surface area contributed by atoms with Gasteiger partial charge in [0.05, 0.1) is 15.4 Å². The number of benzene rings is 1. The van der Waals surface area contributed by atoms with Gasteiger partial charge < -0.3 is 8.98 Å². The number of thiophene rings is 1. The summed E-state index contributed by atoms with van der Waals surface area (Å²) < 4.78 is 37.9. The minimum atomic E-state index is -2.00. The van der Waals surface area contributed by atoms with E-state index in [1.54, 1.807) is 6.07 Å². The summed E-state index contributed by atoms with van der Waals surface area (Å²) in [6.07, 6.45) is 0. The molecule has 1 N–H and O–H groups in total. The topological polar surface area (TPSA) is 44.3 Å². The molecule has 0 saturated heterocycles. The van der Waals surface area contributed by atoms with Gasteiger partial charge in [0.2, 0.25) is 0 Å². The summed E-state index contributed by atoms with van der Waals surface area (Å²) in [6.45, 7) is 19.1. The number of hydrogen-bond donors (Lipinski definition) is 1. The van der Waals surface area contributed by atoms with Gasteiger partial charge in [-0.25, -0.2) is 4.39 Å². The first-order valence-electron chi connectivity index (χ1n) is 10.5. The molecule has 2 atom stereocenters. The van der Waals surface area contributed by atoms with Crippen LogP contribution in [0.5, 0.6) is 0 Å². The number of halogens is 3. The monoisotopic (exact) mass is 581 g/mol. The second-order valence-electron chi connectivity index (χ2n) is 10.5. The van der Waals surface area contributed by atoms with Crippen LogP contribution >= 0.6 is 38.9 Å². The fraction of sp³-hybridized carbons (Fsp3) is 0.565. The molecule has 9 heteroatoms. The minimum absolute atomic E-state index is 0.0697. The van der Waals surface area contributed by atoms with Crippen molar-refractivity contribution in [1.29, 1.82) is 0 Å².